The number of carboxylic acids is 1. The predicted molar refractivity (Wildman–Crippen MR) is 166 cm³/mol. The summed E-state index contributed by atoms with van der Waals surface area (Å²) < 4.78 is 0. The van der Waals surface area contributed by atoms with Crippen molar-refractivity contribution in [2.24, 2.45) is 33.8 Å². The van der Waals surface area contributed by atoms with Gasteiger partial charge in [0.25, 0.3) is 0 Å². The van der Waals surface area contributed by atoms with E-state index in [9.17, 15) is 24.3 Å². The SMILES string of the molecule is CCC(C)C(NC(=O)C(N)CCCN=C(N)N)C(=O)NC(Cc1c[nH]c2ccccc12)C(=O)NC(CCCCN)C(=O)O. The zero-order valence-electron chi connectivity index (χ0n) is 25.0. The van der Waals surface area contributed by atoms with Crippen LogP contribution in [-0.2, 0) is 25.6 Å². The second-order valence-corrected chi connectivity index (χ2v) is 10.7. The maximum Gasteiger partial charge on any atom is 0.326 e. The lowest BCUT2D eigenvalue weighted by Gasteiger charge is -2.28. The highest BCUT2D eigenvalue weighted by Gasteiger charge is 2.33. The minimum Gasteiger partial charge on any atom is -0.480 e. The normalized spacial score (nSPS) is 14.6. The molecular formula is C29H47N9O5. The molecule has 1 heterocycles. The monoisotopic (exact) mass is 601 g/mol. The first kappa shape index (κ1) is 35.0. The number of nitrogens with one attached hydrogen (secondary N) is 4. The van der Waals surface area contributed by atoms with Crippen LogP contribution in [0.3, 0.4) is 0 Å². The van der Waals surface area contributed by atoms with Gasteiger partial charge < -0.3 is 49.0 Å². The molecule has 3 amide bonds. The zero-order chi connectivity index (χ0) is 31.9. The van der Waals surface area contributed by atoms with Crippen molar-refractivity contribution >= 4 is 40.6 Å². The van der Waals surface area contributed by atoms with Gasteiger partial charge in [0.1, 0.15) is 18.1 Å². The highest BCUT2D eigenvalue weighted by atomic mass is 16.4. The van der Waals surface area contributed by atoms with E-state index in [4.69, 9.17) is 22.9 Å². The molecule has 0 spiro atoms. The number of nitrogens with zero attached hydrogens (tertiary/aromatic N) is 1. The first-order valence-electron chi connectivity index (χ1n) is 14.7. The summed E-state index contributed by atoms with van der Waals surface area (Å²) in [5.41, 5.74) is 23.9. The molecule has 14 heteroatoms. The van der Waals surface area contributed by atoms with Gasteiger partial charge in [-0.15, -0.1) is 0 Å². The van der Waals surface area contributed by atoms with Gasteiger partial charge in [0.2, 0.25) is 17.7 Å². The maximum absolute atomic E-state index is 13.6. The Morgan fingerprint density at radius 2 is 1.65 bits per heavy atom. The molecule has 0 radical (unpaired) electrons. The van der Waals surface area contributed by atoms with Gasteiger partial charge in [-0.2, -0.15) is 0 Å². The number of carboxylic acid groups (broad SMARTS) is 1. The van der Waals surface area contributed by atoms with Gasteiger partial charge in [-0.05, 0) is 56.2 Å². The van der Waals surface area contributed by atoms with Crippen molar-refractivity contribution in [2.45, 2.75) is 83.0 Å². The molecule has 43 heavy (non-hydrogen) atoms. The van der Waals surface area contributed by atoms with Crippen molar-refractivity contribution in [1.82, 2.24) is 20.9 Å². The average molecular weight is 602 g/mol. The van der Waals surface area contributed by atoms with E-state index in [0.29, 0.717) is 45.2 Å². The zero-order valence-corrected chi connectivity index (χ0v) is 25.0. The number of H-pyrrole nitrogens is 1. The molecule has 0 aliphatic carbocycles. The Morgan fingerprint density at radius 1 is 0.953 bits per heavy atom. The van der Waals surface area contributed by atoms with Crippen LogP contribution in [0.5, 0.6) is 0 Å². The maximum atomic E-state index is 13.6. The van der Waals surface area contributed by atoms with Crippen LogP contribution >= 0.6 is 0 Å². The third-order valence-electron chi connectivity index (χ3n) is 7.39. The summed E-state index contributed by atoms with van der Waals surface area (Å²) in [5.74, 6) is -3.27. The molecule has 14 nitrogen and oxygen atoms in total. The van der Waals surface area contributed by atoms with Crippen LogP contribution in [0.4, 0.5) is 0 Å². The van der Waals surface area contributed by atoms with E-state index in [2.05, 4.69) is 25.9 Å². The fourth-order valence-electron chi connectivity index (χ4n) is 4.63. The molecular weight excluding hydrogens is 554 g/mol. The van der Waals surface area contributed by atoms with Crippen molar-refractivity contribution in [3.05, 3.63) is 36.0 Å². The Balaban J connectivity index is 2.26. The molecule has 5 atom stereocenters. The highest BCUT2D eigenvalue weighted by molar-refractivity contribution is 5.95. The molecule has 238 valence electrons. The van der Waals surface area contributed by atoms with Gasteiger partial charge in [0, 0.05) is 30.1 Å². The molecule has 0 aliphatic rings. The number of carbonyl (C=O) groups excluding carboxylic acids is 3. The number of amides is 3. The fourth-order valence-corrected chi connectivity index (χ4v) is 4.63. The molecule has 13 N–H and O–H groups in total. The number of unbranched alkanes of at least 4 members (excludes halogenated alkanes) is 1. The number of para-hydroxylation sites is 1. The second-order valence-electron chi connectivity index (χ2n) is 10.7. The van der Waals surface area contributed by atoms with Gasteiger partial charge in [0.15, 0.2) is 5.96 Å². The number of benzene rings is 1. The number of hydrogen-bond acceptors (Lipinski definition) is 7. The van der Waals surface area contributed by atoms with Crippen LogP contribution in [0.15, 0.2) is 35.5 Å². The standard InChI is InChI=1S/C29H47N9O5/c1-3-17(2)24(38-25(39)20(31)10-8-14-34-29(32)33)27(41)37-23(15-18-16-35-21-11-5-4-9-19(18)21)26(40)36-22(28(42)43)12-6-7-13-30/h4-5,9,11,16-17,20,22-24,35H,3,6-8,10,12-15,30-31H2,1-2H3,(H,36,40)(H,37,41)(H,38,39)(H,42,43)(H4,32,33,34). The fraction of sp³-hybridized carbons (Fsp3) is 0.552. The van der Waals surface area contributed by atoms with Gasteiger partial charge in [-0.3, -0.25) is 19.4 Å². The summed E-state index contributed by atoms with van der Waals surface area (Å²) in [6.07, 6.45) is 4.48. The Bertz CT molecular complexity index is 1240. The summed E-state index contributed by atoms with van der Waals surface area (Å²) in [4.78, 5) is 59.0. The molecule has 1 aromatic carbocycles. The van der Waals surface area contributed by atoms with Crippen LogP contribution < -0.4 is 38.9 Å². The minimum absolute atomic E-state index is 0.0528. The van der Waals surface area contributed by atoms with Gasteiger partial charge in [-0.1, -0.05) is 38.5 Å². The van der Waals surface area contributed by atoms with E-state index < -0.39 is 47.9 Å². The molecule has 2 aromatic rings. The number of aliphatic carboxylic acids is 1. The average Bonchev–Trinajstić information content (AvgIpc) is 3.38. The number of nitrogens with two attached hydrogens (primary N) is 4. The molecule has 0 fully saturated rings. The van der Waals surface area contributed by atoms with Gasteiger partial charge in [-0.25, -0.2) is 4.79 Å². The summed E-state index contributed by atoms with van der Waals surface area (Å²) >= 11 is 0. The van der Waals surface area contributed by atoms with Crippen LogP contribution in [0, 0.1) is 5.92 Å². The molecule has 0 saturated carbocycles. The number of rotatable bonds is 19. The number of fused-ring (bicyclic) bond motifs is 1. The molecule has 0 saturated heterocycles. The van der Waals surface area contributed by atoms with Crippen molar-refractivity contribution in [2.75, 3.05) is 13.1 Å². The number of carbonyl (C=O) groups is 4. The molecule has 0 bridgehead atoms. The lowest BCUT2D eigenvalue weighted by molar-refractivity contribution is -0.142. The molecule has 1 aromatic heterocycles. The first-order chi connectivity index (χ1) is 20.5. The summed E-state index contributed by atoms with van der Waals surface area (Å²) in [6, 6.07) is 3.35. The van der Waals surface area contributed by atoms with E-state index in [1.807, 2.05) is 31.2 Å². The molecule has 0 aliphatic heterocycles. The third-order valence-corrected chi connectivity index (χ3v) is 7.39. The van der Waals surface area contributed by atoms with E-state index in [1.54, 1.807) is 13.1 Å². The van der Waals surface area contributed by atoms with E-state index in [-0.39, 0.29) is 24.7 Å². The number of aromatic amines is 1. The van der Waals surface area contributed by atoms with Crippen LogP contribution in [0.25, 0.3) is 10.9 Å². The van der Waals surface area contributed by atoms with E-state index >= 15 is 0 Å². The Morgan fingerprint density at radius 3 is 2.30 bits per heavy atom. The number of aliphatic imine (C=N–C) groups is 1. The number of aromatic nitrogens is 1. The second kappa shape index (κ2) is 17.7. The van der Waals surface area contributed by atoms with E-state index in [1.165, 1.54) is 0 Å². The molecule has 5 unspecified atom stereocenters. The van der Waals surface area contributed by atoms with Crippen LogP contribution in [0.2, 0.25) is 0 Å². The topological polar surface area (TPSA) is 257 Å². The van der Waals surface area contributed by atoms with Gasteiger partial charge >= 0.3 is 5.97 Å². The lowest BCUT2D eigenvalue weighted by Crippen LogP contribution is -2.59. The number of guanidine groups is 1. The van der Waals surface area contributed by atoms with Crippen molar-refractivity contribution in [3.63, 3.8) is 0 Å². The summed E-state index contributed by atoms with van der Waals surface area (Å²) in [6.45, 7) is 4.40. The van der Waals surface area contributed by atoms with Crippen LogP contribution in [-0.4, -0.2) is 77.0 Å². The van der Waals surface area contributed by atoms with E-state index in [0.717, 1.165) is 16.5 Å². The Hall–Kier alpha value is -4.17. The Kier molecular flexibility index (Phi) is 14.4. The predicted octanol–water partition coefficient (Wildman–Crippen LogP) is -0.195. The quantitative estimate of drug-likeness (QED) is 0.0586. The Labute approximate surface area is 251 Å². The largest absolute Gasteiger partial charge is 0.480 e. The molecule has 2 rings (SSSR count). The van der Waals surface area contributed by atoms with Crippen molar-refractivity contribution in [3.8, 4) is 0 Å². The van der Waals surface area contributed by atoms with Crippen molar-refractivity contribution < 1.29 is 24.3 Å². The highest BCUT2D eigenvalue weighted by Crippen LogP contribution is 2.20. The van der Waals surface area contributed by atoms with Gasteiger partial charge in [0.05, 0.1) is 6.04 Å². The minimum atomic E-state index is -1.18. The number of hydrogen-bond donors (Lipinski definition) is 9. The summed E-state index contributed by atoms with van der Waals surface area (Å²) in [7, 11) is 0. The third kappa shape index (κ3) is 11.2. The first-order valence-corrected chi connectivity index (χ1v) is 14.7. The van der Waals surface area contributed by atoms with Crippen LogP contribution in [0.1, 0.15) is 57.9 Å². The van der Waals surface area contributed by atoms with Crippen molar-refractivity contribution in [1.29, 1.82) is 0 Å². The lowest BCUT2D eigenvalue weighted by atomic mass is 9.96. The summed E-state index contributed by atoms with van der Waals surface area (Å²) in [5, 5.41) is 18.7. The smallest absolute Gasteiger partial charge is 0.326 e.